The van der Waals surface area contributed by atoms with Gasteiger partial charge in [-0.05, 0) is 53.7 Å². The highest BCUT2D eigenvalue weighted by molar-refractivity contribution is 5.94. The molecule has 1 unspecified atom stereocenters. The number of anilines is 1. The molecule has 0 aliphatic heterocycles. The highest BCUT2D eigenvalue weighted by Crippen LogP contribution is 2.19. The minimum Gasteiger partial charge on any atom is -0.325 e. The third kappa shape index (κ3) is 4.48. The summed E-state index contributed by atoms with van der Waals surface area (Å²) in [5.74, 6) is 0.0109. The van der Waals surface area contributed by atoms with Gasteiger partial charge in [0.15, 0.2) is 0 Å². The maximum Gasteiger partial charge on any atom is 0.241 e. The van der Waals surface area contributed by atoms with Crippen molar-refractivity contribution in [2.45, 2.75) is 60.2 Å². The fourth-order valence-corrected chi connectivity index (χ4v) is 3.03. The normalized spacial score (nSPS) is 12.7. The number of hydrogen-bond donors (Lipinski definition) is 1. The van der Waals surface area contributed by atoms with Crippen LogP contribution in [0.25, 0.3) is 0 Å². The standard InChI is InChI=1S/C20H30N4O/c1-13(2)24(12-19-15(4)22-23(7)16(19)5)17(6)20(25)21-18-10-8-14(3)9-11-18/h8-11,13,17H,12H2,1-7H3,(H,21,25). The Bertz CT molecular complexity index is 731. The molecule has 2 rings (SSSR count). The molecule has 0 bridgehead atoms. The highest BCUT2D eigenvalue weighted by atomic mass is 16.2. The quantitative estimate of drug-likeness (QED) is 0.873. The van der Waals surface area contributed by atoms with Crippen molar-refractivity contribution >= 4 is 11.6 Å². The van der Waals surface area contributed by atoms with Gasteiger partial charge in [-0.3, -0.25) is 14.4 Å². The summed E-state index contributed by atoms with van der Waals surface area (Å²) in [5, 5.41) is 7.52. The van der Waals surface area contributed by atoms with E-state index >= 15 is 0 Å². The monoisotopic (exact) mass is 342 g/mol. The van der Waals surface area contributed by atoms with Gasteiger partial charge in [-0.15, -0.1) is 0 Å². The summed E-state index contributed by atoms with van der Waals surface area (Å²) in [7, 11) is 1.96. The molecule has 5 heteroatoms. The molecule has 136 valence electrons. The number of carbonyl (C=O) groups is 1. The molecule has 0 saturated carbocycles. The number of nitrogens with zero attached hydrogens (tertiary/aromatic N) is 3. The van der Waals surface area contributed by atoms with Crippen LogP contribution in [-0.2, 0) is 18.4 Å². The van der Waals surface area contributed by atoms with Crippen LogP contribution in [0.5, 0.6) is 0 Å². The summed E-state index contributed by atoms with van der Waals surface area (Å²) < 4.78 is 1.90. The Morgan fingerprint density at radius 2 is 1.76 bits per heavy atom. The molecule has 0 aliphatic carbocycles. The molecule has 1 heterocycles. The van der Waals surface area contributed by atoms with Crippen LogP contribution in [0.3, 0.4) is 0 Å². The molecular weight excluding hydrogens is 312 g/mol. The van der Waals surface area contributed by atoms with Crippen LogP contribution >= 0.6 is 0 Å². The lowest BCUT2D eigenvalue weighted by molar-refractivity contribution is -0.121. The Balaban J connectivity index is 2.15. The fourth-order valence-electron chi connectivity index (χ4n) is 3.03. The van der Waals surface area contributed by atoms with Crippen LogP contribution in [0.15, 0.2) is 24.3 Å². The maximum atomic E-state index is 12.7. The van der Waals surface area contributed by atoms with Crippen molar-refractivity contribution in [2.24, 2.45) is 7.05 Å². The van der Waals surface area contributed by atoms with Crippen LogP contribution < -0.4 is 5.32 Å². The first-order valence-corrected chi connectivity index (χ1v) is 8.83. The zero-order valence-electron chi connectivity index (χ0n) is 16.4. The van der Waals surface area contributed by atoms with Gasteiger partial charge in [-0.1, -0.05) is 17.7 Å². The number of benzene rings is 1. The van der Waals surface area contributed by atoms with Crippen LogP contribution in [0.2, 0.25) is 0 Å². The summed E-state index contributed by atoms with van der Waals surface area (Å²) in [4.78, 5) is 14.9. The van der Waals surface area contributed by atoms with Crippen LogP contribution in [-0.4, -0.2) is 32.7 Å². The Kier molecular flexibility index (Phi) is 6.01. The molecule has 1 aromatic carbocycles. The number of hydrogen-bond acceptors (Lipinski definition) is 3. The first-order valence-electron chi connectivity index (χ1n) is 8.83. The van der Waals surface area contributed by atoms with E-state index in [-0.39, 0.29) is 18.0 Å². The minimum absolute atomic E-state index is 0.0109. The summed E-state index contributed by atoms with van der Waals surface area (Å²) in [6.07, 6.45) is 0. The molecular formula is C20H30N4O. The Morgan fingerprint density at radius 1 is 1.16 bits per heavy atom. The second-order valence-electron chi connectivity index (χ2n) is 7.07. The van der Waals surface area contributed by atoms with Gasteiger partial charge in [0.25, 0.3) is 0 Å². The predicted octanol–water partition coefficient (Wildman–Crippen LogP) is 3.58. The topological polar surface area (TPSA) is 50.2 Å². The lowest BCUT2D eigenvalue weighted by atomic mass is 10.1. The largest absolute Gasteiger partial charge is 0.325 e. The molecule has 2 aromatic rings. The van der Waals surface area contributed by atoms with Gasteiger partial charge in [0.1, 0.15) is 0 Å². The number of rotatable bonds is 6. The van der Waals surface area contributed by atoms with Gasteiger partial charge < -0.3 is 5.32 Å². The smallest absolute Gasteiger partial charge is 0.241 e. The van der Waals surface area contributed by atoms with Crippen LogP contribution in [0.4, 0.5) is 5.69 Å². The third-order valence-corrected chi connectivity index (χ3v) is 4.86. The number of aryl methyl sites for hydroxylation is 3. The zero-order valence-corrected chi connectivity index (χ0v) is 16.4. The first-order chi connectivity index (χ1) is 11.7. The van der Waals surface area contributed by atoms with E-state index in [1.807, 2.05) is 56.8 Å². The van der Waals surface area contributed by atoms with E-state index in [0.717, 1.165) is 17.1 Å². The van der Waals surface area contributed by atoms with Crippen molar-refractivity contribution in [3.8, 4) is 0 Å². The Morgan fingerprint density at radius 3 is 2.24 bits per heavy atom. The number of nitrogens with one attached hydrogen (secondary N) is 1. The average Bonchev–Trinajstić information content (AvgIpc) is 2.79. The molecule has 1 amide bonds. The Labute approximate surface area is 151 Å². The van der Waals surface area contributed by atoms with Crippen molar-refractivity contribution in [3.05, 3.63) is 46.8 Å². The van der Waals surface area contributed by atoms with E-state index in [4.69, 9.17) is 0 Å². The van der Waals surface area contributed by atoms with Crippen molar-refractivity contribution < 1.29 is 4.79 Å². The maximum absolute atomic E-state index is 12.7. The van der Waals surface area contributed by atoms with Gasteiger partial charge in [0, 0.05) is 36.6 Å². The molecule has 25 heavy (non-hydrogen) atoms. The van der Waals surface area contributed by atoms with E-state index in [1.165, 1.54) is 11.1 Å². The number of carbonyl (C=O) groups excluding carboxylic acids is 1. The lowest BCUT2D eigenvalue weighted by Crippen LogP contribution is -2.45. The third-order valence-electron chi connectivity index (χ3n) is 4.86. The van der Waals surface area contributed by atoms with Crippen molar-refractivity contribution in [3.63, 3.8) is 0 Å². The summed E-state index contributed by atoms with van der Waals surface area (Å²) >= 11 is 0. The molecule has 1 N–H and O–H groups in total. The van der Waals surface area contributed by atoms with Gasteiger partial charge in [0.2, 0.25) is 5.91 Å². The van der Waals surface area contributed by atoms with E-state index < -0.39 is 0 Å². The number of aromatic nitrogens is 2. The van der Waals surface area contributed by atoms with E-state index in [2.05, 4.69) is 36.1 Å². The molecule has 0 fully saturated rings. The second-order valence-corrected chi connectivity index (χ2v) is 7.07. The SMILES string of the molecule is Cc1ccc(NC(=O)C(C)N(Cc2c(C)nn(C)c2C)C(C)C)cc1. The summed E-state index contributed by atoms with van der Waals surface area (Å²) in [5.41, 5.74) is 5.38. The van der Waals surface area contributed by atoms with Crippen molar-refractivity contribution in [1.29, 1.82) is 0 Å². The zero-order chi connectivity index (χ0) is 18.7. The molecule has 5 nitrogen and oxygen atoms in total. The van der Waals surface area contributed by atoms with Gasteiger partial charge >= 0.3 is 0 Å². The molecule has 0 spiro atoms. The average molecular weight is 342 g/mol. The number of amides is 1. The predicted molar refractivity (Wildman–Crippen MR) is 103 cm³/mol. The van der Waals surface area contributed by atoms with Crippen molar-refractivity contribution in [1.82, 2.24) is 14.7 Å². The highest BCUT2D eigenvalue weighted by Gasteiger charge is 2.26. The van der Waals surface area contributed by atoms with Crippen molar-refractivity contribution in [2.75, 3.05) is 5.32 Å². The minimum atomic E-state index is -0.236. The Hall–Kier alpha value is -2.14. The molecule has 0 saturated heterocycles. The molecule has 1 aromatic heterocycles. The van der Waals surface area contributed by atoms with Gasteiger partial charge in [0.05, 0.1) is 11.7 Å². The molecule has 0 radical (unpaired) electrons. The fraction of sp³-hybridized carbons (Fsp3) is 0.500. The van der Waals surface area contributed by atoms with Crippen LogP contribution in [0, 0.1) is 20.8 Å². The second kappa shape index (κ2) is 7.83. The van der Waals surface area contributed by atoms with Crippen LogP contribution in [0.1, 0.15) is 43.3 Å². The summed E-state index contributed by atoms with van der Waals surface area (Å²) in [6, 6.07) is 7.90. The van der Waals surface area contributed by atoms with Gasteiger partial charge in [-0.25, -0.2) is 0 Å². The van der Waals surface area contributed by atoms with E-state index in [0.29, 0.717) is 6.54 Å². The van der Waals surface area contributed by atoms with E-state index in [1.54, 1.807) is 0 Å². The molecule has 1 atom stereocenters. The van der Waals surface area contributed by atoms with E-state index in [9.17, 15) is 4.79 Å². The lowest BCUT2D eigenvalue weighted by Gasteiger charge is -2.32. The van der Waals surface area contributed by atoms with Gasteiger partial charge in [-0.2, -0.15) is 5.10 Å². The molecule has 0 aliphatic rings. The first kappa shape index (κ1) is 19.2. The summed E-state index contributed by atoms with van der Waals surface area (Å²) in [6.45, 7) is 13.1.